The van der Waals surface area contributed by atoms with Gasteiger partial charge in [0.25, 0.3) is 0 Å². The van der Waals surface area contributed by atoms with Crippen LogP contribution >= 0.6 is 34.8 Å². The second-order valence-corrected chi connectivity index (χ2v) is 6.68. The maximum absolute atomic E-state index is 10.5. The quantitative estimate of drug-likeness (QED) is 0.378. The van der Waals surface area contributed by atoms with E-state index in [1.165, 1.54) is 6.20 Å². The number of phenolic OH excluding ortho intramolecular Hbond substituents is 1. The summed E-state index contributed by atoms with van der Waals surface area (Å²) in [6.07, 6.45) is 1.22. The Morgan fingerprint density at radius 2 is 1.70 bits per heavy atom. The molecular weight excluding hydrogens is 405 g/mol. The summed E-state index contributed by atoms with van der Waals surface area (Å²) in [5, 5.41) is 33.4. The highest BCUT2D eigenvalue weighted by molar-refractivity contribution is 6.49. The molecule has 0 aliphatic carbocycles. The van der Waals surface area contributed by atoms with Gasteiger partial charge in [-0.15, -0.1) is 0 Å². The van der Waals surface area contributed by atoms with E-state index in [1.54, 1.807) is 30.3 Å². The number of hydrogen-bond acceptors (Lipinski definition) is 4. The van der Waals surface area contributed by atoms with E-state index in [9.17, 15) is 5.11 Å². The summed E-state index contributed by atoms with van der Waals surface area (Å²) in [4.78, 5) is 0. The molecule has 3 aromatic carbocycles. The molecule has 0 radical (unpaired) electrons. The van der Waals surface area contributed by atoms with Gasteiger partial charge >= 0.3 is 0 Å². The highest BCUT2D eigenvalue weighted by Crippen LogP contribution is 2.47. The van der Waals surface area contributed by atoms with E-state index in [2.05, 4.69) is 5.32 Å². The molecule has 27 heavy (non-hydrogen) atoms. The van der Waals surface area contributed by atoms with Gasteiger partial charge in [0.05, 0.1) is 20.8 Å². The smallest absolute Gasteiger partial charge is 0.145 e. The standard InChI is InChI=1S/C20H10Cl3N3O/c21-15-7-14(17-13-4-2-1-3-12(13)5-6-16(17)27)20(19(23)18(15)22)26-10-11(8-24)9-25/h1-7,10,26-27H. The van der Waals surface area contributed by atoms with Crippen LogP contribution in [0.25, 0.3) is 21.9 Å². The number of fused-ring (bicyclic) bond motifs is 1. The second kappa shape index (κ2) is 7.78. The number of anilines is 1. The number of benzene rings is 3. The number of aromatic hydroxyl groups is 1. The van der Waals surface area contributed by atoms with Crippen LogP contribution in [-0.2, 0) is 0 Å². The number of rotatable bonds is 3. The molecule has 0 aliphatic rings. The zero-order valence-electron chi connectivity index (χ0n) is 13.6. The van der Waals surface area contributed by atoms with Crippen molar-refractivity contribution < 1.29 is 5.11 Å². The van der Waals surface area contributed by atoms with Crippen LogP contribution in [0.4, 0.5) is 5.69 Å². The number of phenols is 1. The summed E-state index contributed by atoms with van der Waals surface area (Å²) in [5.74, 6) is 0.0241. The van der Waals surface area contributed by atoms with E-state index in [0.29, 0.717) is 16.8 Å². The Labute approximate surface area is 170 Å². The molecule has 7 heteroatoms. The van der Waals surface area contributed by atoms with Gasteiger partial charge in [0.15, 0.2) is 0 Å². The lowest BCUT2D eigenvalue weighted by Crippen LogP contribution is -1.96. The molecular formula is C20H10Cl3N3O. The SMILES string of the molecule is N#CC(C#N)=CNc1c(-c2c(O)ccc3ccccc23)cc(Cl)c(Cl)c1Cl. The monoisotopic (exact) mass is 413 g/mol. The summed E-state index contributed by atoms with van der Waals surface area (Å²) in [6, 6.07) is 16.0. The minimum Gasteiger partial charge on any atom is -0.507 e. The number of halogens is 3. The van der Waals surface area contributed by atoms with Gasteiger partial charge in [-0.1, -0.05) is 65.1 Å². The third-order valence-corrected chi connectivity index (χ3v) is 5.20. The van der Waals surface area contributed by atoms with E-state index in [1.807, 2.05) is 24.3 Å². The minimum absolute atomic E-state index is 0.0241. The summed E-state index contributed by atoms with van der Waals surface area (Å²) in [5.41, 5.74) is 1.15. The van der Waals surface area contributed by atoms with Gasteiger partial charge in [-0.3, -0.25) is 0 Å². The van der Waals surface area contributed by atoms with Gasteiger partial charge in [0.1, 0.15) is 23.5 Å². The predicted octanol–water partition coefficient (Wildman–Crippen LogP) is 6.52. The molecule has 0 unspecified atom stereocenters. The van der Waals surface area contributed by atoms with Gasteiger partial charge in [-0.25, -0.2) is 0 Å². The van der Waals surface area contributed by atoms with Gasteiger partial charge in [0, 0.05) is 17.3 Å². The maximum atomic E-state index is 10.5. The van der Waals surface area contributed by atoms with Gasteiger partial charge in [-0.2, -0.15) is 10.5 Å². The highest BCUT2D eigenvalue weighted by Gasteiger charge is 2.19. The first kappa shape index (κ1) is 18.9. The molecule has 0 bridgehead atoms. The van der Waals surface area contributed by atoms with Crippen molar-refractivity contribution in [3.05, 3.63) is 69.3 Å². The van der Waals surface area contributed by atoms with Crippen molar-refractivity contribution in [2.24, 2.45) is 0 Å². The molecule has 0 saturated heterocycles. The molecule has 0 aliphatic heterocycles. The zero-order chi connectivity index (χ0) is 19.6. The molecule has 0 amide bonds. The molecule has 0 aromatic heterocycles. The molecule has 0 saturated carbocycles. The fraction of sp³-hybridized carbons (Fsp3) is 0. The third kappa shape index (κ3) is 3.52. The molecule has 0 heterocycles. The van der Waals surface area contributed by atoms with Gasteiger partial charge in [0.2, 0.25) is 0 Å². The Hall–Kier alpha value is -2.89. The topological polar surface area (TPSA) is 79.8 Å². The van der Waals surface area contributed by atoms with Crippen LogP contribution in [0.1, 0.15) is 0 Å². The van der Waals surface area contributed by atoms with Gasteiger partial charge < -0.3 is 10.4 Å². The molecule has 3 rings (SSSR count). The number of nitrogens with zero attached hydrogens (tertiary/aromatic N) is 2. The molecule has 132 valence electrons. The van der Waals surface area contributed by atoms with Crippen molar-refractivity contribution in [3.8, 4) is 29.0 Å². The van der Waals surface area contributed by atoms with E-state index in [4.69, 9.17) is 45.3 Å². The van der Waals surface area contributed by atoms with Crippen LogP contribution in [0.15, 0.2) is 54.2 Å². The van der Waals surface area contributed by atoms with E-state index >= 15 is 0 Å². The lowest BCUT2D eigenvalue weighted by molar-refractivity contribution is 0.478. The van der Waals surface area contributed by atoms with Crippen molar-refractivity contribution in [1.29, 1.82) is 10.5 Å². The van der Waals surface area contributed by atoms with E-state index in [-0.39, 0.29) is 26.4 Å². The Morgan fingerprint density at radius 3 is 2.41 bits per heavy atom. The average Bonchev–Trinajstić information content (AvgIpc) is 2.68. The Balaban J connectivity index is 2.35. The van der Waals surface area contributed by atoms with Crippen molar-refractivity contribution in [2.75, 3.05) is 5.32 Å². The lowest BCUT2D eigenvalue weighted by atomic mass is 9.96. The molecule has 0 atom stereocenters. The van der Waals surface area contributed by atoms with E-state index in [0.717, 1.165) is 10.8 Å². The van der Waals surface area contributed by atoms with Gasteiger partial charge in [-0.05, 0) is 22.9 Å². The van der Waals surface area contributed by atoms with Crippen LogP contribution in [0.2, 0.25) is 15.1 Å². The Bertz CT molecular complexity index is 1160. The summed E-state index contributed by atoms with van der Waals surface area (Å²) >= 11 is 18.8. The first-order valence-electron chi connectivity index (χ1n) is 7.63. The van der Waals surface area contributed by atoms with Crippen molar-refractivity contribution in [1.82, 2.24) is 0 Å². The number of nitrogens with one attached hydrogen (secondary N) is 1. The minimum atomic E-state index is -0.148. The molecule has 0 fully saturated rings. The first-order valence-corrected chi connectivity index (χ1v) is 8.76. The number of hydrogen-bond donors (Lipinski definition) is 2. The fourth-order valence-corrected chi connectivity index (χ4v) is 3.37. The second-order valence-electron chi connectivity index (χ2n) is 5.52. The third-order valence-electron chi connectivity index (χ3n) is 3.94. The molecule has 3 aromatic rings. The Kier molecular flexibility index (Phi) is 5.44. The van der Waals surface area contributed by atoms with Crippen molar-refractivity contribution in [2.45, 2.75) is 0 Å². The zero-order valence-corrected chi connectivity index (χ0v) is 15.9. The van der Waals surface area contributed by atoms with Crippen LogP contribution in [0.5, 0.6) is 5.75 Å². The average molecular weight is 415 g/mol. The molecule has 4 nitrogen and oxygen atoms in total. The van der Waals surface area contributed by atoms with Crippen molar-refractivity contribution in [3.63, 3.8) is 0 Å². The van der Waals surface area contributed by atoms with Crippen LogP contribution in [0.3, 0.4) is 0 Å². The largest absolute Gasteiger partial charge is 0.507 e. The number of allylic oxidation sites excluding steroid dienone is 1. The Morgan fingerprint density at radius 1 is 1.00 bits per heavy atom. The summed E-state index contributed by atoms with van der Waals surface area (Å²) in [6.45, 7) is 0. The van der Waals surface area contributed by atoms with Crippen molar-refractivity contribution >= 4 is 51.3 Å². The van der Waals surface area contributed by atoms with Crippen LogP contribution in [-0.4, -0.2) is 5.11 Å². The predicted molar refractivity (Wildman–Crippen MR) is 109 cm³/mol. The highest BCUT2D eigenvalue weighted by atomic mass is 35.5. The summed E-state index contributed by atoms with van der Waals surface area (Å²) in [7, 11) is 0. The number of nitriles is 2. The fourth-order valence-electron chi connectivity index (χ4n) is 2.71. The van der Waals surface area contributed by atoms with Crippen LogP contribution in [0, 0.1) is 22.7 Å². The normalized spacial score (nSPS) is 10.1. The first-order chi connectivity index (χ1) is 13.0. The van der Waals surface area contributed by atoms with Crippen LogP contribution < -0.4 is 5.32 Å². The molecule has 2 N–H and O–H groups in total. The van der Waals surface area contributed by atoms with E-state index < -0.39 is 0 Å². The summed E-state index contributed by atoms with van der Waals surface area (Å²) < 4.78 is 0. The lowest BCUT2D eigenvalue weighted by Gasteiger charge is -2.17. The molecule has 0 spiro atoms. The maximum Gasteiger partial charge on any atom is 0.145 e.